The van der Waals surface area contributed by atoms with Crippen molar-refractivity contribution in [1.29, 1.82) is 0 Å². The lowest BCUT2D eigenvalue weighted by atomic mass is 9.97. The number of anilines is 1. The number of primary amides is 1. The fraction of sp³-hybridized carbons (Fsp3) is 0.111. The van der Waals surface area contributed by atoms with Gasteiger partial charge in [0.2, 0.25) is 11.9 Å². The highest BCUT2D eigenvalue weighted by atomic mass is 35.5. The molecule has 3 N–H and O–H groups in total. The third-order valence-corrected chi connectivity index (χ3v) is 4.44. The first-order valence-corrected chi connectivity index (χ1v) is 8.32. The summed E-state index contributed by atoms with van der Waals surface area (Å²) < 4.78 is 1.65. The van der Waals surface area contributed by atoms with Crippen LogP contribution in [0.4, 0.5) is 5.95 Å². The highest BCUT2D eigenvalue weighted by molar-refractivity contribution is 6.30. The van der Waals surface area contributed by atoms with Crippen LogP contribution in [0.2, 0.25) is 5.02 Å². The van der Waals surface area contributed by atoms with Crippen molar-refractivity contribution in [3.63, 3.8) is 0 Å². The molecule has 1 aromatic carbocycles. The fourth-order valence-electron chi connectivity index (χ4n) is 3.07. The Hall–Kier alpha value is -3.19. The van der Waals surface area contributed by atoms with Crippen LogP contribution in [-0.2, 0) is 4.79 Å². The van der Waals surface area contributed by atoms with Crippen LogP contribution < -0.4 is 11.1 Å². The number of amides is 1. The van der Waals surface area contributed by atoms with E-state index in [1.807, 2.05) is 18.2 Å². The molecule has 3 aromatic rings. The number of hydrogen-bond donors (Lipinski definition) is 2. The third-order valence-electron chi connectivity index (χ3n) is 4.20. The Balaban J connectivity index is 1.89. The third kappa shape index (κ3) is 2.72. The topological polar surface area (TPSA) is 98.7 Å². The van der Waals surface area contributed by atoms with Crippen LogP contribution in [0, 0.1) is 0 Å². The van der Waals surface area contributed by atoms with E-state index < -0.39 is 11.9 Å². The molecule has 7 nitrogen and oxygen atoms in total. The summed E-state index contributed by atoms with van der Waals surface area (Å²) in [5, 5.41) is 8.31. The largest absolute Gasteiger partial charge is 0.366 e. The number of allylic oxidation sites excluding steroid dienone is 1. The molecular weight excluding hydrogens is 352 g/mol. The summed E-state index contributed by atoms with van der Waals surface area (Å²) in [5.74, 6) is 0.507. The molecule has 0 unspecified atom stereocenters. The minimum Gasteiger partial charge on any atom is -0.366 e. The second-order valence-corrected chi connectivity index (χ2v) is 6.37. The molecule has 8 heteroatoms. The molecule has 0 saturated carbocycles. The first-order chi connectivity index (χ1) is 12.5. The number of benzene rings is 1. The van der Waals surface area contributed by atoms with E-state index in [1.165, 1.54) is 0 Å². The molecule has 130 valence electrons. The number of nitrogens with zero attached hydrogens (tertiary/aromatic N) is 4. The number of nitrogens with one attached hydrogen (secondary N) is 1. The van der Waals surface area contributed by atoms with Gasteiger partial charge in [-0.1, -0.05) is 29.8 Å². The Morgan fingerprint density at radius 3 is 2.85 bits per heavy atom. The van der Waals surface area contributed by atoms with Crippen molar-refractivity contribution in [1.82, 2.24) is 19.7 Å². The van der Waals surface area contributed by atoms with Crippen molar-refractivity contribution < 1.29 is 4.79 Å². The number of aromatic nitrogens is 4. The smallest absolute Gasteiger partial charge is 0.248 e. The van der Waals surface area contributed by atoms with Crippen LogP contribution in [0.25, 0.3) is 11.4 Å². The molecule has 0 aliphatic carbocycles. The SMILES string of the molecule is CC1=C(C(N)=O)[C@H](c2cccnc2)n2nc(-c3cccc(Cl)c3)nc2N1. The van der Waals surface area contributed by atoms with E-state index in [9.17, 15) is 4.79 Å². The molecule has 1 amide bonds. The van der Waals surface area contributed by atoms with Crippen LogP contribution in [0.5, 0.6) is 0 Å². The second-order valence-electron chi connectivity index (χ2n) is 5.93. The number of pyridine rings is 1. The number of halogens is 1. The highest BCUT2D eigenvalue weighted by Crippen LogP contribution is 2.35. The average molecular weight is 367 g/mol. The van der Waals surface area contributed by atoms with Crippen LogP contribution >= 0.6 is 11.6 Å². The van der Waals surface area contributed by atoms with Crippen molar-refractivity contribution in [2.45, 2.75) is 13.0 Å². The zero-order chi connectivity index (χ0) is 18.3. The van der Waals surface area contributed by atoms with Crippen molar-refractivity contribution in [2.24, 2.45) is 5.73 Å². The maximum absolute atomic E-state index is 12.1. The van der Waals surface area contributed by atoms with Gasteiger partial charge in [-0.05, 0) is 30.7 Å². The van der Waals surface area contributed by atoms with Gasteiger partial charge >= 0.3 is 0 Å². The first kappa shape index (κ1) is 16.3. The molecule has 1 aliphatic heterocycles. The molecule has 0 fully saturated rings. The Labute approximate surface area is 154 Å². The summed E-state index contributed by atoms with van der Waals surface area (Å²) in [5.41, 5.74) is 8.29. The minimum absolute atomic E-state index is 0.424. The molecule has 0 saturated heterocycles. The van der Waals surface area contributed by atoms with E-state index >= 15 is 0 Å². The standard InChI is InChI=1S/C18H15ClN6O/c1-10-14(16(20)26)15(12-5-3-7-21-9-12)25-18(22-10)23-17(24-25)11-4-2-6-13(19)8-11/h2-9,15H,1H3,(H2,20,26)(H,22,23,24)/t15-/m0/s1. The van der Waals surface area contributed by atoms with Crippen LogP contribution in [0.3, 0.4) is 0 Å². The molecular formula is C18H15ClN6O. The lowest BCUT2D eigenvalue weighted by molar-refractivity contribution is -0.115. The normalized spacial score (nSPS) is 16.2. The van der Waals surface area contributed by atoms with Crippen LogP contribution in [-0.4, -0.2) is 25.7 Å². The number of carbonyl (C=O) groups is 1. The number of hydrogen-bond acceptors (Lipinski definition) is 5. The van der Waals surface area contributed by atoms with E-state index in [0.717, 1.165) is 11.1 Å². The summed E-state index contributed by atoms with van der Waals surface area (Å²) in [4.78, 5) is 20.8. The Morgan fingerprint density at radius 1 is 1.31 bits per heavy atom. The van der Waals surface area contributed by atoms with Gasteiger partial charge in [-0.3, -0.25) is 9.78 Å². The van der Waals surface area contributed by atoms with Crippen molar-refractivity contribution >= 4 is 23.5 Å². The Kier molecular flexibility index (Phi) is 3.93. The van der Waals surface area contributed by atoms with E-state index in [2.05, 4.69) is 20.4 Å². The first-order valence-electron chi connectivity index (χ1n) is 7.94. The Bertz CT molecular complexity index is 1030. The maximum Gasteiger partial charge on any atom is 0.248 e. The van der Waals surface area contributed by atoms with Gasteiger partial charge in [0.25, 0.3) is 0 Å². The highest BCUT2D eigenvalue weighted by Gasteiger charge is 2.33. The lowest BCUT2D eigenvalue weighted by Gasteiger charge is -2.27. The monoisotopic (exact) mass is 366 g/mol. The quantitative estimate of drug-likeness (QED) is 0.742. The molecule has 4 rings (SSSR count). The fourth-order valence-corrected chi connectivity index (χ4v) is 3.26. The van der Waals surface area contributed by atoms with Crippen molar-refractivity contribution in [3.05, 3.63) is 70.6 Å². The molecule has 2 aromatic heterocycles. The lowest BCUT2D eigenvalue weighted by Crippen LogP contribution is -2.31. The van der Waals surface area contributed by atoms with Gasteiger partial charge in [0.1, 0.15) is 6.04 Å². The van der Waals surface area contributed by atoms with Gasteiger partial charge < -0.3 is 11.1 Å². The summed E-state index contributed by atoms with van der Waals surface area (Å²) in [6.45, 7) is 1.79. The van der Waals surface area contributed by atoms with Gasteiger partial charge in [-0.25, -0.2) is 4.68 Å². The van der Waals surface area contributed by atoms with Crippen LogP contribution in [0.15, 0.2) is 60.1 Å². The second kappa shape index (κ2) is 6.27. The number of fused-ring (bicyclic) bond motifs is 1. The predicted octanol–water partition coefficient (Wildman–Crippen LogP) is 2.77. The average Bonchev–Trinajstić information content (AvgIpc) is 3.04. The van der Waals surface area contributed by atoms with Gasteiger partial charge in [0, 0.05) is 28.7 Å². The van der Waals surface area contributed by atoms with E-state index in [-0.39, 0.29) is 0 Å². The summed E-state index contributed by atoms with van der Waals surface area (Å²) >= 11 is 6.08. The zero-order valence-corrected chi connectivity index (χ0v) is 14.6. The van der Waals surface area contributed by atoms with Gasteiger partial charge in [-0.2, -0.15) is 4.98 Å². The summed E-state index contributed by atoms with van der Waals surface area (Å²) in [7, 11) is 0. The Morgan fingerprint density at radius 2 is 2.15 bits per heavy atom. The number of carbonyl (C=O) groups excluding carboxylic acids is 1. The maximum atomic E-state index is 12.1. The molecule has 0 radical (unpaired) electrons. The molecule has 0 bridgehead atoms. The van der Waals surface area contributed by atoms with Crippen molar-refractivity contribution in [2.75, 3.05) is 5.32 Å². The minimum atomic E-state index is -0.519. The van der Waals surface area contributed by atoms with Crippen LogP contribution in [0.1, 0.15) is 18.5 Å². The van der Waals surface area contributed by atoms with E-state index in [4.69, 9.17) is 17.3 Å². The van der Waals surface area contributed by atoms with Gasteiger partial charge in [0.15, 0.2) is 5.82 Å². The number of nitrogens with two attached hydrogens (primary N) is 1. The van der Waals surface area contributed by atoms with E-state index in [0.29, 0.717) is 28.1 Å². The molecule has 26 heavy (non-hydrogen) atoms. The predicted molar refractivity (Wildman–Crippen MR) is 98.4 cm³/mol. The number of rotatable bonds is 3. The summed E-state index contributed by atoms with van der Waals surface area (Å²) in [6, 6.07) is 10.5. The molecule has 3 heterocycles. The molecule has 1 aliphatic rings. The van der Waals surface area contributed by atoms with Crippen molar-refractivity contribution in [3.8, 4) is 11.4 Å². The van der Waals surface area contributed by atoms with Gasteiger partial charge in [0.05, 0.1) is 5.57 Å². The molecule has 0 spiro atoms. The molecule has 1 atom stereocenters. The van der Waals surface area contributed by atoms with E-state index in [1.54, 1.807) is 42.2 Å². The summed E-state index contributed by atoms with van der Waals surface area (Å²) in [6.07, 6.45) is 3.36. The zero-order valence-electron chi connectivity index (χ0n) is 13.8. The van der Waals surface area contributed by atoms with Gasteiger partial charge in [-0.15, -0.1) is 5.10 Å².